The van der Waals surface area contributed by atoms with Crippen LogP contribution in [-0.2, 0) is 19.0 Å². The van der Waals surface area contributed by atoms with Crippen molar-refractivity contribution in [3.8, 4) is 0 Å². The van der Waals surface area contributed by atoms with E-state index in [9.17, 15) is 4.79 Å². The Morgan fingerprint density at radius 3 is 2.24 bits per heavy atom. The lowest BCUT2D eigenvalue weighted by atomic mass is 9.96. The molecule has 0 aromatic heterocycles. The number of unbranched alkanes of at least 4 members (excludes halogenated alkanes) is 4. The first kappa shape index (κ1) is 24.4. The van der Waals surface area contributed by atoms with Crippen LogP contribution < -0.4 is 0 Å². The van der Waals surface area contributed by atoms with Gasteiger partial charge in [-0.1, -0.05) is 52.4 Å². The van der Waals surface area contributed by atoms with Gasteiger partial charge < -0.3 is 14.2 Å². The minimum Gasteiger partial charge on any atom is -0.465 e. The van der Waals surface area contributed by atoms with Crippen LogP contribution in [-0.4, -0.2) is 38.5 Å². The molecule has 0 saturated heterocycles. The van der Waals surface area contributed by atoms with Crippen LogP contribution in [0.4, 0.5) is 0 Å². The van der Waals surface area contributed by atoms with Crippen molar-refractivity contribution in [2.24, 2.45) is 5.92 Å². The average molecular weight is 359 g/mol. The van der Waals surface area contributed by atoms with Gasteiger partial charge in [0.25, 0.3) is 0 Å². The van der Waals surface area contributed by atoms with Gasteiger partial charge in [0.15, 0.2) is 0 Å². The minimum absolute atomic E-state index is 0.0860. The van der Waals surface area contributed by atoms with E-state index in [0.717, 1.165) is 6.42 Å². The van der Waals surface area contributed by atoms with E-state index in [-0.39, 0.29) is 12.1 Å². The summed E-state index contributed by atoms with van der Waals surface area (Å²) >= 11 is 0. The molecular weight excluding hydrogens is 316 g/mol. The molecule has 1 unspecified atom stereocenters. The van der Waals surface area contributed by atoms with Gasteiger partial charge in [-0.2, -0.15) is 0 Å². The van der Waals surface area contributed by atoms with Gasteiger partial charge in [-0.05, 0) is 39.0 Å². The highest BCUT2D eigenvalue weighted by Crippen LogP contribution is 2.18. The Hall–Kier alpha value is -0.610. The Kier molecular flexibility index (Phi) is 17.7. The van der Waals surface area contributed by atoms with Gasteiger partial charge in [-0.15, -0.1) is 0 Å². The molecule has 0 spiro atoms. The van der Waals surface area contributed by atoms with Crippen LogP contribution in [0.25, 0.3) is 0 Å². The molecule has 0 rings (SSSR count). The Bertz CT molecular complexity index is 292. The first-order chi connectivity index (χ1) is 12.1. The van der Waals surface area contributed by atoms with Crippen LogP contribution in [0.1, 0.15) is 91.9 Å². The van der Waals surface area contributed by atoms with E-state index in [1.807, 2.05) is 13.8 Å². The van der Waals surface area contributed by atoms with Crippen LogP contribution in [0.5, 0.6) is 0 Å². The molecule has 4 nitrogen and oxygen atoms in total. The second-order valence-corrected chi connectivity index (χ2v) is 7.18. The highest BCUT2D eigenvalue weighted by Gasteiger charge is 2.11. The maximum atomic E-state index is 11.9. The van der Waals surface area contributed by atoms with Crippen molar-refractivity contribution >= 4 is 5.97 Å². The molecule has 0 aromatic rings. The Labute approximate surface area is 156 Å². The number of carbonyl (C=O) groups excluding carboxylic acids is 1. The van der Waals surface area contributed by atoms with Gasteiger partial charge in [0.05, 0.1) is 25.9 Å². The largest absolute Gasteiger partial charge is 0.465 e. The van der Waals surface area contributed by atoms with Crippen LogP contribution in [0.15, 0.2) is 0 Å². The summed E-state index contributed by atoms with van der Waals surface area (Å²) in [5.74, 6) is 0.447. The molecule has 0 fully saturated rings. The third-order valence-electron chi connectivity index (χ3n) is 4.26. The number of carbonyl (C=O) groups is 1. The number of hydrogen-bond donors (Lipinski definition) is 0. The molecule has 150 valence electrons. The van der Waals surface area contributed by atoms with Crippen LogP contribution in [0, 0.1) is 5.92 Å². The van der Waals surface area contributed by atoms with Gasteiger partial charge >= 0.3 is 5.97 Å². The third kappa shape index (κ3) is 18.0. The zero-order chi connectivity index (χ0) is 18.8. The Morgan fingerprint density at radius 2 is 1.56 bits per heavy atom. The quantitative estimate of drug-likeness (QED) is 0.239. The molecule has 0 N–H and O–H groups in total. The monoisotopic (exact) mass is 358 g/mol. The fourth-order valence-electron chi connectivity index (χ4n) is 2.71. The van der Waals surface area contributed by atoms with Crippen LogP contribution >= 0.6 is 0 Å². The fraction of sp³-hybridized carbons (Fsp3) is 0.952. The maximum absolute atomic E-state index is 11.9. The van der Waals surface area contributed by atoms with E-state index in [0.29, 0.717) is 38.8 Å². The molecule has 0 aliphatic carbocycles. The van der Waals surface area contributed by atoms with Crippen molar-refractivity contribution in [3.63, 3.8) is 0 Å². The van der Waals surface area contributed by atoms with Crippen molar-refractivity contribution in [3.05, 3.63) is 0 Å². The highest BCUT2D eigenvalue weighted by molar-refractivity contribution is 5.69. The molecule has 0 aromatic carbocycles. The summed E-state index contributed by atoms with van der Waals surface area (Å²) in [6.45, 7) is 10.8. The standard InChI is InChI=1S/C21H42O4/c1-5-7-9-10-13-20(12-8-6-2)18-25-21(22)14-11-15-23-16-17-24-19(3)4/h19-20H,5-18H2,1-4H3. The topological polar surface area (TPSA) is 44.8 Å². The van der Waals surface area contributed by atoms with E-state index >= 15 is 0 Å². The lowest BCUT2D eigenvalue weighted by molar-refractivity contribution is -0.145. The van der Waals surface area contributed by atoms with E-state index in [4.69, 9.17) is 14.2 Å². The van der Waals surface area contributed by atoms with E-state index in [2.05, 4.69) is 13.8 Å². The summed E-state index contributed by atoms with van der Waals surface area (Å²) in [4.78, 5) is 11.9. The summed E-state index contributed by atoms with van der Waals surface area (Å²) in [7, 11) is 0. The highest BCUT2D eigenvalue weighted by atomic mass is 16.5. The van der Waals surface area contributed by atoms with Crippen molar-refractivity contribution in [1.29, 1.82) is 0 Å². The molecule has 0 bridgehead atoms. The molecular formula is C21H42O4. The lowest BCUT2D eigenvalue weighted by Crippen LogP contribution is -2.15. The molecule has 0 radical (unpaired) electrons. The Balaban J connectivity index is 3.70. The molecule has 0 amide bonds. The minimum atomic E-state index is -0.0860. The molecule has 0 heterocycles. The SMILES string of the molecule is CCCCCCC(CCCC)COC(=O)CCCOCCOC(C)C. The van der Waals surface area contributed by atoms with Crippen LogP contribution in [0.3, 0.4) is 0 Å². The van der Waals surface area contributed by atoms with Crippen LogP contribution in [0.2, 0.25) is 0 Å². The van der Waals surface area contributed by atoms with Gasteiger partial charge in [0.1, 0.15) is 0 Å². The lowest BCUT2D eigenvalue weighted by Gasteiger charge is -2.17. The molecule has 1 atom stereocenters. The average Bonchev–Trinajstić information content (AvgIpc) is 2.59. The first-order valence-electron chi connectivity index (χ1n) is 10.4. The van der Waals surface area contributed by atoms with E-state index in [1.165, 1.54) is 51.4 Å². The number of esters is 1. The molecule has 0 aliphatic rings. The summed E-state index contributed by atoms with van der Waals surface area (Å²) in [5.41, 5.74) is 0. The van der Waals surface area contributed by atoms with Crippen molar-refractivity contribution < 1.29 is 19.0 Å². The second kappa shape index (κ2) is 18.2. The number of ether oxygens (including phenoxy) is 3. The zero-order valence-corrected chi connectivity index (χ0v) is 17.2. The second-order valence-electron chi connectivity index (χ2n) is 7.18. The van der Waals surface area contributed by atoms with Gasteiger partial charge in [-0.3, -0.25) is 4.79 Å². The predicted molar refractivity (Wildman–Crippen MR) is 104 cm³/mol. The molecule has 4 heteroatoms. The van der Waals surface area contributed by atoms with Gasteiger partial charge in [0, 0.05) is 13.0 Å². The summed E-state index contributed by atoms with van der Waals surface area (Å²) in [5, 5.41) is 0. The molecule has 0 aliphatic heterocycles. The summed E-state index contributed by atoms with van der Waals surface area (Å²) in [6.07, 6.45) is 11.3. The smallest absolute Gasteiger partial charge is 0.305 e. The van der Waals surface area contributed by atoms with E-state index < -0.39 is 0 Å². The number of hydrogen-bond acceptors (Lipinski definition) is 4. The normalized spacial score (nSPS) is 12.5. The van der Waals surface area contributed by atoms with Crippen molar-refractivity contribution in [2.75, 3.05) is 26.4 Å². The van der Waals surface area contributed by atoms with Crippen molar-refractivity contribution in [1.82, 2.24) is 0 Å². The van der Waals surface area contributed by atoms with E-state index in [1.54, 1.807) is 0 Å². The maximum Gasteiger partial charge on any atom is 0.305 e. The first-order valence-corrected chi connectivity index (χ1v) is 10.4. The molecule has 0 saturated carbocycles. The zero-order valence-electron chi connectivity index (χ0n) is 17.2. The number of rotatable bonds is 18. The van der Waals surface area contributed by atoms with Crippen molar-refractivity contribution in [2.45, 2.75) is 98.0 Å². The molecule has 25 heavy (non-hydrogen) atoms. The van der Waals surface area contributed by atoms with Gasteiger partial charge in [-0.25, -0.2) is 0 Å². The summed E-state index contributed by atoms with van der Waals surface area (Å²) < 4.78 is 16.4. The fourth-order valence-corrected chi connectivity index (χ4v) is 2.71. The Morgan fingerprint density at radius 1 is 0.840 bits per heavy atom. The predicted octanol–water partition coefficient (Wildman–Crippen LogP) is 5.53. The summed E-state index contributed by atoms with van der Waals surface area (Å²) in [6, 6.07) is 0. The third-order valence-corrected chi connectivity index (χ3v) is 4.26. The van der Waals surface area contributed by atoms with Gasteiger partial charge in [0.2, 0.25) is 0 Å².